The summed E-state index contributed by atoms with van der Waals surface area (Å²) in [5.74, 6) is 0.641. The second-order valence-corrected chi connectivity index (χ2v) is 4.69. The van der Waals surface area contributed by atoms with Gasteiger partial charge in [0, 0.05) is 17.8 Å². The van der Waals surface area contributed by atoms with Crippen molar-refractivity contribution in [2.75, 3.05) is 6.61 Å². The fourth-order valence-corrected chi connectivity index (χ4v) is 2.07. The van der Waals surface area contributed by atoms with E-state index in [2.05, 4.69) is 17.1 Å². The van der Waals surface area contributed by atoms with Crippen LogP contribution in [-0.4, -0.2) is 11.6 Å². The zero-order valence-corrected chi connectivity index (χ0v) is 12.0. The predicted octanol–water partition coefficient (Wildman–Crippen LogP) is 3.25. The number of benzene rings is 1. The first-order valence-electron chi connectivity index (χ1n) is 6.72. The first-order chi connectivity index (χ1) is 9.70. The van der Waals surface area contributed by atoms with Crippen LogP contribution in [0.15, 0.2) is 42.5 Å². The fourth-order valence-electron chi connectivity index (χ4n) is 2.07. The molecule has 0 amide bonds. The molecule has 0 bridgehead atoms. The standard InChI is InChI=1S/C17H20N2O/c1-13-11-14(2)19-17(16(13)12-18)20-10-6-9-15-7-4-3-5-8-15/h3-9,11H,10,12,18H2,1-2H3. The predicted molar refractivity (Wildman–Crippen MR) is 82.6 cm³/mol. The molecule has 1 aromatic carbocycles. The van der Waals surface area contributed by atoms with Gasteiger partial charge >= 0.3 is 0 Å². The molecule has 0 unspecified atom stereocenters. The van der Waals surface area contributed by atoms with Crippen LogP contribution in [0.5, 0.6) is 5.88 Å². The number of aryl methyl sites for hydroxylation is 2. The Morgan fingerprint density at radius 2 is 1.95 bits per heavy atom. The lowest BCUT2D eigenvalue weighted by atomic mass is 10.1. The highest BCUT2D eigenvalue weighted by Gasteiger charge is 2.07. The Kier molecular flexibility index (Phi) is 4.91. The molecule has 0 saturated heterocycles. The average molecular weight is 268 g/mol. The Labute approximate surface area is 120 Å². The SMILES string of the molecule is Cc1cc(C)c(CN)c(OCC=Cc2ccccc2)n1. The number of aromatic nitrogens is 1. The van der Waals surface area contributed by atoms with Crippen molar-refractivity contribution in [2.24, 2.45) is 5.73 Å². The van der Waals surface area contributed by atoms with E-state index in [1.165, 1.54) is 0 Å². The van der Waals surface area contributed by atoms with Gasteiger partial charge in [0.15, 0.2) is 0 Å². The lowest BCUT2D eigenvalue weighted by molar-refractivity contribution is 0.343. The van der Waals surface area contributed by atoms with Gasteiger partial charge in [-0.1, -0.05) is 36.4 Å². The van der Waals surface area contributed by atoms with E-state index in [0.29, 0.717) is 19.0 Å². The molecule has 0 saturated carbocycles. The molecule has 0 aliphatic heterocycles. The first kappa shape index (κ1) is 14.3. The third kappa shape index (κ3) is 3.68. The van der Waals surface area contributed by atoms with Crippen LogP contribution in [0.4, 0.5) is 0 Å². The molecule has 2 N–H and O–H groups in total. The number of hydrogen-bond donors (Lipinski definition) is 1. The summed E-state index contributed by atoms with van der Waals surface area (Å²) in [7, 11) is 0. The summed E-state index contributed by atoms with van der Waals surface area (Å²) < 4.78 is 5.73. The van der Waals surface area contributed by atoms with Crippen molar-refractivity contribution in [3.8, 4) is 5.88 Å². The van der Waals surface area contributed by atoms with Crippen LogP contribution in [0.1, 0.15) is 22.4 Å². The normalized spacial score (nSPS) is 10.9. The van der Waals surface area contributed by atoms with Gasteiger partial charge in [-0.15, -0.1) is 0 Å². The summed E-state index contributed by atoms with van der Waals surface area (Å²) in [5.41, 5.74) is 9.96. The van der Waals surface area contributed by atoms with Crippen molar-refractivity contribution < 1.29 is 4.74 Å². The first-order valence-corrected chi connectivity index (χ1v) is 6.72. The summed E-state index contributed by atoms with van der Waals surface area (Å²) in [4.78, 5) is 4.41. The van der Waals surface area contributed by atoms with Crippen LogP contribution < -0.4 is 10.5 Å². The van der Waals surface area contributed by atoms with Crippen LogP contribution in [0.3, 0.4) is 0 Å². The van der Waals surface area contributed by atoms with Crippen molar-refractivity contribution in [3.63, 3.8) is 0 Å². The van der Waals surface area contributed by atoms with Gasteiger partial charge in [-0.3, -0.25) is 0 Å². The van der Waals surface area contributed by atoms with Gasteiger partial charge in [0.05, 0.1) is 0 Å². The Morgan fingerprint density at radius 3 is 2.65 bits per heavy atom. The van der Waals surface area contributed by atoms with Gasteiger partial charge in [-0.25, -0.2) is 4.98 Å². The largest absolute Gasteiger partial charge is 0.473 e. The van der Waals surface area contributed by atoms with Crippen molar-refractivity contribution in [2.45, 2.75) is 20.4 Å². The molecule has 1 heterocycles. The van der Waals surface area contributed by atoms with E-state index in [1.807, 2.05) is 50.3 Å². The van der Waals surface area contributed by atoms with Crippen LogP contribution >= 0.6 is 0 Å². The second-order valence-electron chi connectivity index (χ2n) is 4.69. The number of nitrogens with zero attached hydrogens (tertiary/aromatic N) is 1. The van der Waals surface area contributed by atoms with Gasteiger partial charge in [0.1, 0.15) is 6.61 Å². The third-order valence-corrected chi connectivity index (χ3v) is 3.07. The maximum absolute atomic E-state index is 5.76. The zero-order valence-electron chi connectivity index (χ0n) is 12.0. The average Bonchev–Trinajstić information content (AvgIpc) is 2.44. The lowest BCUT2D eigenvalue weighted by Crippen LogP contribution is -2.07. The van der Waals surface area contributed by atoms with Crippen molar-refractivity contribution >= 4 is 6.08 Å². The summed E-state index contributed by atoms with van der Waals surface area (Å²) in [6.45, 7) is 4.91. The van der Waals surface area contributed by atoms with Crippen molar-refractivity contribution in [3.05, 3.63) is 64.9 Å². The highest BCUT2D eigenvalue weighted by molar-refractivity contribution is 5.48. The van der Waals surface area contributed by atoms with Gasteiger partial charge in [0.2, 0.25) is 5.88 Å². The summed E-state index contributed by atoms with van der Waals surface area (Å²) in [6, 6.07) is 12.2. The molecule has 3 nitrogen and oxygen atoms in total. The number of rotatable bonds is 5. The molecule has 104 valence electrons. The van der Waals surface area contributed by atoms with Gasteiger partial charge in [-0.2, -0.15) is 0 Å². The maximum Gasteiger partial charge on any atom is 0.218 e. The smallest absolute Gasteiger partial charge is 0.218 e. The lowest BCUT2D eigenvalue weighted by Gasteiger charge is -2.11. The summed E-state index contributed by atoms with van der Waals surface area (Å²) in [5, 5.41) is 0. The molecule has 2 aromatic rings. The Morgan fingerprint density at radius 1 is 1.20 bits per heavy atom. The number of nitrogens with two attached hydrogens (primary N) is 1. The minimum atomic E-state index is 0.441. The molecule has 3 heteroatoms. The monoisotopic (exact) mass is 268 g/mol. The molecule has 0 radical (unpaired) electrons. The quantitative estimate of drug-likeness (QED) is 0.905. The highest BCUT2D eigenvalue weighted by Crippen LogP contribution is 2.20. The van der Waals surface area contributed by atoms with Crippen molar-refractivity contribution in [1.82, 2.24) is 4.98 Å². The molecular formula is C17H20N2O. The molecule has 0 aliphatic rings. The minimum absolute atomic E-state index is 0.441. The van der Waals surface area contributed by atoms with E-state index in [9.17, 15) is 0 Å². The topological polar surface area (TPSA) is 48.1 Å². The van der Waals surface area contributed by atoms with E-state index >= 15 is 0 Å². The minimum Gasteiger partial charge on any atom is -0.473 e. The molecule has 0 atom stereocenters. The van der Waals surface area contributed by atoms with Crippen molar-refractivity contribution in [1.29, 1.82) is 0 Å². The van der Waals surface area contributed by atoms with Gasteiger partial charge in [-0.05, 0) is 37.1 Å². The molecule has 1 aromatic heterocycles. The van der Waals surface area contributed by atoms with E-state index in [-0.39, 0.29) is 0 Å². The Bertz CT molecular complexity index is 591. The molecule has 0 fully saturated rings. The number of pyridine rings is 1. The third-order valence-electron chi connectivity index (χ3n) is 3.07. The number of hydrogen-bond acceptors (Lipinski definition) is 3. The van der Waals surface area contributed by atoms with Crippen LogP contribution in [0.25, 0.3) is 6.08 Å². The zero-order chi connectivity index (χ0) is 14.4. The highest BCUT2D eigenvalue weighted by atomic mass is 16.5. The Balaban J connectivity index is 2.02. The maximum atomic E-state index is 5.76. The van der Waals surface area contributed by atoms with Crippen LogP contribution in [-0.2, 0) is 6.54 Å². The van der Waals surface area contributed by atoms with E-state index in [4.69, 9.17) is 10.5 Å². The molecule has 2 rings (SSSR count). The molecular weight excluding hydrogens is 248 g/mol. The van der Waals surface area contributed by atoms with E-state index < -0.39 is 0 Å². The number of ether oxygens (including phenoxy) is 1. The van der Waals surface area contributed by atoms with Gasteiger partial charge < -0.3 is 10.5 Å². The summed E-state index contributed by atoms with van der Waals surface area (Å²) in [6.07, 6.45) is 4.01. The molecule has 0 aliphatic carbocycles. The van der Waals surface area contributed by atoms with E-state index in [0.717, 1.165) is 22.4 Å². The molecule has 0 spiro atoms. The summed E-state index contributed by atoms with van der Waals surface area (Å²) >= 11 is 0. The molecule has 20 heavy (non-hydrogen) atoms. The van der Waals surface area contributed by atoms with E-state index in [1.54, 1.807) is 0 Å². The Hall–Kier alpha value is -2.13. The van der Waals surface area contributed by atoms with Gasteiger partial charge in [0.25, 0.3) is 0 Å². The van der Waals surface area contributed by atoms with Crippen LogP contribution in [0.2, 0.25) is 0 Å². The fraction of sp³-hybridized carbons (Fsp3) is 0.235. The second kappa shape index (κ2) is 6.87. The van der Waals surface area contributed by atoms with Crippen LogP contribution in [0, 0.1) is 13.8 Å².